The second kappa shape index (κ2) is 12.2. The fraction of sp³-hybridized carbons (Fsp3) is 0.417. The van der Waals surface area contributed by atoms with Gasteiger partial charge in [0.15, 0.2) is 6.61 Å². The summed E-state index contributed by atoms with van der Waals surface area (Å²) in [7, 11) is 1.60. The highest BCUT2D eigenvalue weighted by molar-refractivity contribution is 6.32. The minimum absolute atomic E-state index is 0.0267. The largest absolute Gasteiger partial charge is 0.497 e. The minimum Gasteiger partial charge on any atom is -0.497 e. The molecule has 0 spiro atoms. The molecule has 0 fully saturated rings. The Kier molecular flexibility index (Phi) is 9.66. The molecule has 0 saturated heterocycles. The van der Waals surface area contributed by atoms with Crippen molar-refractivity contribution in [1.29, 1.82) is 0 Å². The second-order valence-corrected chi connectivity index (χ2v) is 7.74. The molecule has 0 bridgehead atoms. The lowest BCUT2D eigenvalue weighted by molar-refractivity contribution is -0.143. The van der Waals surface area contributed by atoms with Crippen LogP contribution in [-0.4, -0.2) is 42.5 Å². The van der Waals surface area contributed by atoms with E-state index in [9.17, 15) is 9.59 Å². The molecular formula is C24H31ClN2O4. The standard InChI is InChI=1S/C24H31ClN2O4/c1-5-17(3)26-24(29)21(6-2)27(15-18-11-13-19(30-4)14-12-18)23(28)16-31-22-10-8-7-9-20(22)25/h7-14,17,21H,5-6,15-16H2,1-4H3,(H,26,29)/t17-,21-/m0/s1. The van der Waals surface area contributed by atoms with Crippen molar-refractivity contribution in [2.75, 3.05) is 13.7 Å². The Bertz CT molecular complexity index is 857. The van der Waals surface area contributed by atoms with E-state index in [1.165, 1.54) is 0 Å². The third-order valence-electron chi connectivity index (χ3n) is 5.09. The van der Waals surface area contributed by atoms with Gasteiger partial charge >= 0.3 is 0 Å². The molecule has 31 heavy (non-hydrogen) atoms. The van der Waals surface area contributed by atoms with Crippen LogP contribution in [0.15, 0.2) is 48.5 Å². The van der Waals surface area contributed by atoms with E-state index in [0.29, 0.717) is 17.2 Å². The molecule has 6 nitrogen and oxygen atoms in total. The molecule has 0 saturated carbocycles. The Hall–Kier alpha value is -2.73. The van der Waals surface area contributed by atoms with E-state index in [-0.39, 0.29) is 31.0 Å². The number of nitrogens with zero attached hydrogens (tertiary/aromatic N) is 1. The van der Waals surface area contributed by atoms with E-state index in [2.05, 4.69) is 5.32 Å². The maximum absolute atomic E-state index is 13.2. The number of amides is 2. The molecule has 0 aliphatic heterocycles. The Labute approximate surface area is 189 Å². The van der Waals surface area contributed by atoms with E-state index >= 15 is 0 Å². The SMILES string of the molecule is CC[C@H](C)NC(=O)[C@H](CC)N(Cc1ccc(OC)cc1)C(=O)COc1ccccc1Cl. The van der Waals surface area contributed by atoms with Crippen LogP contribution in [0.4, 0.5) is 0 Å². The van der Waals surface area contributed by atoms with Crippen LogP contribution in [0.25, 0.3) is 0 Å². The summed E-state index contributed by atoms with van der Waals surface area (Å²) in [5.41, 5.74) is 0.890. The molecule has 2 amide bonds. The zero-order chi connectivity index (χ0) is 22.8. The number of methoxy groups -OCH3 is 1. The average Bonchev–Trinajstić information content (AvgIpc) is 2.78. The van der Waals surface area contributed by atoms with Gasteiger partial charge < -0.3 is 19.7 Å². The van der Waals surface area contributed by atoms with Crippen molar-refractivity contribution in [3.05, 3.63) is 59.1 Å². The molecule has 168 valence electrons. The maximum atomic E-state index is 13.2. The van der Waals surface area contributed by atoms with E-state index in [4.69, 9.17) is 21.1 Å². The zero-order valence-corrected chi connectivity index (χ0v) is 19.3. The number of para-hydroxylation sites is 1. The lowest BCUT2D eigenvalue weighted by atomic mass is 10.1. The third kappa shape index (κ3) is 7.17. The molecular weight excluding hydrogens is 416 g/mol. The molecule has 0 aliphatic carbocycles. The van der Waals surface area contributed by atoms with Gasteiger partial charge in [0.2, 0.25) is 5.91 Å². The normalized spacial score (nSPS) is 12.5. The number of carbonyl (C=O) groups excluding carboxylic acids is 2. The second-order valence-electron chi connectivity index (χ2n) is 7.33. The summed E-state index contributed by atoms with van der Waals surface area (Å²) in [6.07, 6.45) is 1.29. The molecule has 0 aliphatic rings. The van der Waals surface area contributed by atoms with Gasteiger partial charge in [-0.3, -0.25) is 9.59 Å². The molecule has 2 rings (SSSR count). The summed E-state index contributed by atoms with van der Waals surface area (Å²) in [4.78, 5) is 27.7. The lowest BCUT2D eigenvalue weighted by Crippen LogP contribution is -2.51. The first-order valence-corrected chi connectivity index (χ1v) is 10.9. The topological polar surface area (TPSA) is 67.9 Å². The summed E-state index contributed by atoms with van der Waals surface area (Å²) < 4.78 is 10.9. The Morgan fingerprint density at radius 3 is 2.32 bits per heavy atom. The van der Waals surface area contributed by atoms with Gasteiger partial charge in [0, 0.05) is 12.6 Å². The van der Waals surface area contributed by atoms with Crippen molar-refractivity contribution in [2.24, 2.45) is 0 Å². The number of nitrogens with one attached hydrogen (secondary N) is 1. The van der Waals surface area contributed by atoms with E-state index in [1.807, 2.05) is 45.0 Å². The van der Waals surface area contributed by atoms with E-state index in [1.54, 1.807) is 36.3 Å². The van der Waals surface area contributed by atoms with Crippen LogP contribution in [-0.2, 0) is 16.1 Å². The highest BCUT2D eigenvalue weighted by Crippen LogP contribution is 2.23. The molecule has 2 aromatic rings. The van der Waals surface area contributed by atoms with Gasteiger partial charge in [0.1, 0.15) is 17.5 Å². The lowest BCUT2D eigenvalue weighted by Gasteiger charge is -2.31. The summed E-state index contributed by atoms with van der Waals surface area (Å²) in [5, 5.41) is 3.42. The van der Waals surface area contributed by atoms with Crippen LogP contribution in [0.3, 0.4) is 0 Å². The van der Waals surface area contributed by atoms with Gasteiger partial charge in [-0.2, -0.15) is 0 Å². The third-order valence-corrected chi connectivity index (χ3v) is 5.40. The first kappa shape index (κ1) is 24.5. The summed E-state index contributed by atoms with van der Waals surface area (Å²) in [6.45, 7) is 5.91. The van der Waals surface area contributed by atoms with Crippen molar-refractivity contribution >= 4 is 23.4 Å². The van der Waals surface area contributed by atoms with Crippen molar-refractivity contribution in [3.63, 3.8) is 0 Å². The molecule has 0 unspecified atom stereocenters. The number of benzene rings is 2. The molecule has 2 aromatic carbocycles. The summed E-state index contributed by atoms with van der Waals surface area (Å²) in [6, 6.07) is 13.8. The monoisotopic (exact) mass is 446 g/mol. The molecule has 0 aromatic heterocycles. The quantitative estimate of drug-likeness (QED) is 0.553. The molecule has 7 heteroatoms. The number of ether oxygens (including phenoxy) is 2. The first-order chi connectivity index (χ1) is 14.9. The van der Waals surface area contributed by atoms with Crippen LogP contribution in [0.2, 0.25) is 5.02 Å². The Morgan fingerprint density at radius 2 is 1.74 bits per heavy atom. The van der Waals surface area contributed by atoms with Crippen LogP contribution in [0.5, 0.6) is 11.5 Å². The van der Waals surface area contributed by atoms with Gasteiger partial charge in [0.05, 0.1) is 12.1 Å². The van der Waals surface area contributed by atoms with Crippen LogP contribution < -0.4 is 14.8 Å². The van der Waals surface area contributed by atoms with Crippen molar-refractivity contribution in [2.45, 2.75) is 52.2 Å². The highest BCUT2D eigenvalue weighted by atomic mass is 35.5. The Balaban J connectivity index is 2.22. The number of hydrogen-bond acceptors (Lipinski definition) is 4. The van der Waals surface area contributed by atoms with Crippen LogP contribution in [0.1, 0.15) is 39.2 Å². The first-order valence-electron chi connectivity index (χ1n) is 10.5. The fourth-order valence-electron chi connectivity index (χ4n) is 3.07. The highest BCUT2D eigenvalue weighted by Gasteiger charge is 2.29. The van der Waals surface area contributed by atoms with Gasteiger partial charge in [-0.15, -0.1) is 0 Å². The molecule has 2 atom stereocenters. The predicted octanol–water partition coefficient (Wildman–Crippen LogP) is 4.45. The minimum atomic E-state index is -0.613. The smallest absolute Gasteiger partial charge is 0.261 e. The molecule has 0 radical (unpaired) electrons. The predicted molar refractivity (Wildman–Crippen MR) is 122 cm³/mol. The number of halogens is 1. The number of hydrogen-bond donors (Lipinski definition) is 1. The zero-order valence-electron chi connectivity index (χ0n) is 18.6. The van der Waals surface area contributed by atoms with Crippen molar-refractivity contribution in [3.8, 4) is 11.5 Å². The summed E-state index contributed by atoms with van der Waals surface area (Å²) in [5.74, 6) is 0.697. The van der Waals surface area contributed by atoms with Gasteiger partial charge in [-0.25, -0.2) is 0 Å². The fourth-order valence-corrected chi connectivity index (χ4v) is 3.26. The molecule has 1 N–H and O–H groups in total. The average molecular weight is 447 g/mol. The van der Waals surface area contributed by atoms with Gasteiger partial charge in [-0.1, -0.05) is 49.7 Å². The van der Waals surface area contributed by atoms with E-state index in [0.717, 1.165) is 17.7 Å². The molecule has 0 heterocycles. The van der Waals surface area contributed by atoms with Crippen LogP contribution in [0, 0.1) is 0 Å². The maximum Gasteiger partial charge on any atom is 0.261 e. The Morgan fingerprint density at radius 1 is 1.06 bits per heavy atom. The number of carbonyl (C=O) groups is 2. The number of rotatable bonds is 11. The van der Waals surface area contributed by atoms with Crippen LogP contribution >= 0.6 is 11.6 Å². The van der Waals surface area contributed by atoms with Crippen molar-refractivity contribution in [1.82, 2.24) is 10.2 Å². The van der Waals surface area contributed by atoms with Gasteiger partial charge in [-0.05, 0) is 49.6 Å². The van der Waals surface area contributed by atoms with Gasteiger partial charge in [0.25, 0.3) is 5.91 Å². The van der Waals surface area contributed by atoms with Crippen molar-refractivity contribution < 1.29 is 19.1 Å². The summed E-state index contributed by atoms with van der Waals surface area (Å²) >= 11 is 6.13. The van der Waals surface area contributed by atoms with E-state index < -0.39 is 6.04 Å².